The molecule has 2 aromatic heterocycles. The highest BCUT2D eigenvalue weighted by molar-refractivity contribution is 7.15. The van der Waals surface area contributed by atoms with Crippen molar-refractivity contribution < 1.29 is 4.79 Å². The van der Waals surface area contributed by atoms with Crippen molar-refractivity contribution in [3.05, 3.63) is 23.5 Å². The van der Waals surface area contributed by atoms with Crippen LogP contribution in [0.1, 0.15) is 31.9 Å². The van der Waals surface area contributed by atoms with Crippen LogP contribution in [0.4, 0.5) is 0 Å². The lowest BCUT2D eigenvalue weighted by Gasteiger charge is -2.35. The summed E-state index contributed by atoms with van der Waals surface area (Å²) in [7, 11) is 0. The van der Waals surface area contributed by atoms with Crippen molar-refractivity contribution in [2.75, 3.05) is 13.1 Å². The molecule has 4 nitrogen and oxygen atoms in total. The number of rotatable bonds is 4. The van der Waals surface area contributed by atoms with Crippen molar-refractivity contribution >= 4 is 22.1 Å². The van der Waals surface area contributed by atoms with Gasteiger partial charge in [0.25, 0.3) is 0 Å². The van der Waals surface area contributed by atoms with Crippen molar-refractivity contribution in [3.8, 4) is 0 Å². The van der Waals surface area contributed by atoms with Crippen molar-refractivity contribution in [1.82, 2.24) is 14.7 Å². The van der Waals surface area contributed by atoms with E-state index in [0.29, 0.717) is 12.2 Å². The first-order valence-corrected chi connectivity index (χ1v) is 7.76. The molecule has 0 amide bonds. The Morgan fingerprint density at radius 3 is 3.21 bits per heavy atom. The molecule has 0 saturated carbocycles. The van der Waals surface area contributed by atoms with Crippen molar-refractivity contribution in [2.45, 2.75) is 32.6 Å². The van der Waals surface area contributed by atoms with Gasteiger partial charge in [-0.1, -0.05) is 6.92 Å². The van der Waals surface area contributed by atoms with E-state index < -0.39 is 0 Å². The molecule has 3 rings (SSSR count). The molecule has 0 radical (unpaired) electrons. The third kappa shape index (κ3) is 2.32. The molecule has 102 valence electrons. The zero-order valence-electron chi connectivity index (χ0n) is 11.2. The maximum absolute atomic E-state index is 12.6. The summed E-state index contributed by atoms with van der Waals surface area (Å²) in [4.78, 5) is 18.1. The lowest BCUT2D eigenvalue weighted by Crippen LogP contribution is -2.45. The zero-order valence-corrected chi connectivity index (χ0v) is 12.0. The third-order valence-corrected chi connectivity index (χ3v) is 5.00. The fourth-order valence-electron chi connectivity index (χ4n) is 2.92. The Hall–Kier alpha value is -1.20. The zero-order chi connectivity index (χ0) is 13.3. The SMILES string of the molecule is CCC1(C(=O)Cc2cn3ccsc3n2)CCCNC1. The molecule has 19 heavy (non-hydrogen) atoms. The first-order chi connectivity index (χ1) is 9.23. The van der Waals surface area contributed by atoms with E-state index in [9.17, 15) is 4.79 Å². The monoisotopic (exact) mass is 277 g/mol. The van der Waals surface area contributed by atoms with E-state index >= 15 is 0 Å². The molecule has 1 N–H and O–H groups in total. The van der Waals surface area contributed by atoms with Crippen LogP contribution in [0.25, 0.3) is 4.96 Å². The number of thiazole rings is 1. The molecule has 1 saturated heterocycles. The molecule has 1 unspecified atom stereocenters. The number of hydrogen-bond acceptors (Lipinski definition) is 4. The summed E-state index contributed by atoms with van der Waals surface area (Å²) >= 11 is 1.60. The van der Waals surface area contributed by atoms with Gasteiger partial charge in [0.15, 0.2) is 4.96 Å². The maximum atomic E-state index is 12.6. The number of carbonyl (C=O) groups is 1. The summed E-state index contributed by atoms with van der Waals surface area (Å²) in [5.41, 5.74) is 0.727. The van der Waals surface area contributed by atoms with Crippen LogP contribution in [0.3, 0.4) is 0 Å². The Kier molecular flexibility index (Phi) is 3.41. The summed E-state index contributed by atoms with van der Waals surface area (Å²) in [6.45, 7) is 3.98. The topological polar surface area (TPSA) is 46.4 Å². The van der Waals surface area contributed by atoms with Gasteiger partial charge in [-0.25, -0.2) is 4.98 Å². The fraction of sp³-hybridized carbons (Fsp3) is 0.571. The lowest BCUT2D eigenvalue weighted by molar-refractivity contribution is -0.129. The van der Waals surface area contributed by atoms with E-state index in [1.54, 1.807) is 11.3 Å². The Morgan fingerprint density at radius 1 is 1.63 bits per heavy atom. The second-order valence-corrected chi connectivity index (χ2v) is 6.21. The fourth-order valence-corrected chi connectivity index (χ4v) is 3.64. The predicted octanol–water partition coefficient (Wildman–Crippen LogP) is 2.29. The summed E-state index contributed by atoms with van der Waals surface area (Å²) < 4.78 is 1.99. The summed E-state index contributed by atoms with van der Waals surface area (Å²) in [6, 6.07) is 0. The molecule has 5 heteroatoms. The average Bonchev–Trinajstić information content (AvgIpc) is 3.00. The van der Waals surface area contributed by atoms with E-state index in [0.717, 1.165) is 43.0 Å². The van der Waals surface area contributed by atoms with Gasteiger partial charge in [-0.05, 0) is 25.8 Å². The predicted molar refractivity (Wildman–Crippen MR) is 76.6 cm³/mol. The molecule has 1 atom stereocenters. The number of Topliss-reactive ketones (excluding diaryl/α,β-unsaturated/α-hetero) is 1. The molecule has 1 aliphatic rings. The van der Waals surface area contributed by atoms with E-state index in [2.05, 4.69) is 17.2 Å². The van der Waals surface area contributed by atoms with E-state index in [1.165, 1.54) is 0 Å². The van der Waals surface area contributed by atoms with Gasteiger partial charge in [-0.2, -0.15) is 0 Å². The number of piperidine rings is 1. The standard InChI is InChI=1S/C14H19N3OS/c1-2-14(4-3-5-15-10-14)12(18)8-11-9-17-6-7-19-13(17)16-11/h6-7,9,15H,2-5,8,10H2,1H3. The summed E-state index contributed by atoms with van der Waals surface area (Å²) in [5.74, 6) is 0.341. The number of ketones is 1. The smallest absolute Gasteiger partial charge is 0.193 e. The third-order valence-electron chi connectivity index (χ3n) is 4.23. The molecule has 0 aromatic carbocycles. The highest BCUT2D eigenvalue weighted by Gasteiger charge is 2.37. The first-order valence-electron chi connectivity index (χ1n) is 6.89. The number of aromatic nitrogens is 2. The second-order valence-electron chi connectivity index (χ2n) is 5.34. The minimum Gasteiger partial charge on any atom is -0.316 e. The number of imidazole rings is 1. The molecular weight excluding hydrogens is 258 g/mol. The quantitative estimate of drug-likeness (QED) is 0.932. The maximum Gasteiger partial charge on any atom is 0.193 e. The number of hydrogen-bond donors (Lipinski definition) is 1. The van der Waals surface area contributed by atoms with E-state index in [-0.39, 0.29) is 5.41 Å². The normalized spacial score (nSPS) is 23.8. The van der Waals surface area contributed by atoms with Gasteiger partial charge < -0.3 is 5.32 Å². The molecule has 3 heterocycles. The highest BCUT2D eigenvalue weighted by Crippen LogP contribution is 2.32. The van der Waals surface area contributed by atoms with Gasteiger partial charge in [0, 0.05) is 29.7 Å². The molecular formula is C14H19N3OS. The van der Waals surface area contributed by atoms with Crippen LogP contribution in [0.15, 0.2) is 17.8 Å². The Bertz CT molecular complexity index is 552. The van der Waals surface area contributed by atoms with Crippen LogP contribution < -0.4 is 5.32 Å². The van der Waals surface area contributed by atoms with Gasteiger partial charge in [-0.15, -0.1) is 11.3 Å². The average molecular weight is 277 g/mol. The van der Waals surface area contributed by atoms with Gasteiger partial charge in [-0.3, -0.25) is 9.20 Å². The van der Waals surface area contributed by atoms with Crippen molar-refractivity contribution in [1.29, 1.82) is 0 Å². The molecule has 0 bridgehead atoms. The Labute approximate surface area is 116 Å². The molecule has 1 aliphatic heterocycles. The van der Waals surface area contributed by atoms with Gasteiger partial charge in [0.05, 0.1) is 12.1 Å². The Balaban J connectivity index is 1.77. The van der Waals surface area contributed by atoms with E-state index in [1.807, 2.05) is 22.2 Å². The lowest BCUT2D eigenvalue weighted by atomic mass is 9.73. The van der Waals surface area contributed by atoms with Crippen LogP contribution in [-0.4, -0.2) is 28.3 Å². The molecule has 1 fully saturated rings. The van der Waals surface area contributed by atoms with Crippen LogP contribution in [-0.2, 0) is 11.2 Å². The van der Waals surface area contributed by atoms with Crippen molar-refractivity contribution in [3.63, 3.8) is 0 Å². The number of nitrogens with one attached hydrogen (secondary N) is 1. The highest BCUT2D eigenvalue weighted by atomic mass is 32.1. The molecule has 2 aromatic rings. The number of nitrogens with zero attached hydrogens (tertiary/aromatic N) is 2. The minimum absolute atomic E-state index is 0.171. The van der Waals surface area contributed by atoms with Crippen LogP contribution in [0, 0.1) is 5.41 Å². The minimum atomic E-state index is -0.171. The van der Waals surface area contributed by atoms with E-state index in [4.69, 9.17) is 0 Å². The van der Waals surface area contributed by atoms with Crippen LogP contribution >= 0.6 is 11.3 Å². The van der Waals surface area contributed by atoms with Gasteiger partial charge >= 0.3 is 0 Å². The van der Waals surface area contributed by atoms with Crippen LogP contribution in [0.2, 0.25) is 0 Å². The van der Waals surface area contributed by atoms with Gasteiger partial charge in [0.1, 0.15) is 5.78 Å². The first kappa shape index (κ1) is 12.8. The second kappa shape index (κ2) is 5.06. The number of carbonyl (C=O) groups excluding carboxylic acids is 1. The van der Waals surface area contributed by atoms with Gasteiger partial charge in [0.2, 0.25) is 0 Å². The van der Waals surface area contributed by atoms with Crippen LogP contribution in [0.5, 0.6) is 0 Å². The molecule has 0 spiro atoms. The summed E-state index contributed by atoms with van der Waals surface area (Å²) in [5, 5.41) is 5.38. The molecule has 0 aliphatic carbocycles. The van der Waals surface area contributed by atoms with Crippen molar-refractivity contribution in [2.24, 2.45) is 5.41 Å². The number of fused-ring (bicyclic) bond motifs is 1. The summed E-state index contributed by atoms with van der Waals surface area (Å²) in [6.07, 6.45) is 7.45. The largest absolute Gasteiger partial charge is 0.316 e. The Morgan fingerprint density at radius 2 is 2.53 bits per heavy atom.